The van der Waals surface area contributed by atoms with Crippen molar-refractivity contribution in [3.8, 4) is 11.8 Å². The fourth-order valence-corrected chi connectivity index (χ4v) is 1.69. The summed E-state index contributed by atoms with van der Waals surface area (Å²) in [6, 6.07) is 13.0. The number of nitriles is 1. The number of phenolic OH excluding ortho intramolecular Hbond substituents is 1. The van der Waals surface area contributed by atoms with Crippen LogP contribution in [0.2, 0.25) is 0 Å². The molecular formula is C15H13N3O2. The molecule has 0 aliphatic carbocycles. The molecule has 0 aliphatic heterocycles. The van der Waals surface area contributed by atoms with E-state index >= 15 is 0 Å². The minimum Gasteiger partial charge on any atom is -0.508 e. The molecule has 5 nitrogen and oxygen atoms in total. The largest absolute Gasteiger partial charge is 0.508 e. The number of nitrogens with zero attached hydrogens (tertiary/aromatic N) is 1. The number of benzene rings is 2. The van der Waals surface area contributed by atoms with Crippen LogP contribution in [0.15, 0.2) is 42.5 Å². The van der Waals surface area contributed by atoms with Crippen LogP contribution < -0.4 is 10.6 Å². The summed E-state index contributed by atoms with van der Waals surface area (Å²) >= 11 is 0. The van der Waals surface area contributed by atoms with Crippen LogP contribution in [0, 0.1) is 18.3 Å². The van der Waals surface area contributed by atoms with E-state index in [1.165, 1.54) is 6.07 Å². The molecule has 0 atom stereocenters. The Kier molecular flexibility index (Phi) is 3.87. The van der Waals surface area contributed by atoms with Gasteiger partial charge in [0, 0.05) is 11.4 Å². The molecule has 0 heterocycles. The molecule has 0 aliphatic rings. The van der Waals surface area contributed by atoms with Crippen molar-refractivity contribution in [1.29, 1.82) is 5.26 Å². The van der Waals surface area contributed by atoms with Gasteiger partial charge in [-0.1, -0.05) is 6.07 Å². The summed E-state index contributed by atoms with van der Waals surface area (Å²) in [6.07, 6.45) is 0. The minimum atomic E-state index is -0.412. The summed E-state index contributed by atoms with van der Waals surface area (Å²) in [7, 11) is 0. The van der Waals surface area contributed by atoms with Crippen molar-refractivity contribution in [3.05, 3.63) is 53.6 Å². The third-order valence-corrected chi connectivity index (χ3v) is 2.70. The number of rotatable bonds is 2. The Bertz CT molecular complexity index is 690. The summed E-state index contributed by atoms with van der Waals surface area (Å²) in [5, 5.41) is 23.5. The average molecular weight is 267 g/mol. The Labute approximate surface area is 116 Å². The highest BCUT2D eigenvalue weighted by molar-refractivity contribution is 5.99. The molecule has 2 aromatic carbocycles. The average Bonchev–Trinajstić information content (AvgIpc) is 2.43. The molecule has 0 saturated heterocycles. The van der Waals surface area contributed by atoms with Gasteiger partial charge in [-0.2, -0.15) is 5.26 Å². The van der Waals surface area contributed by atoms with Crippen LogP contribution in [-0.4, -0.2) is 11.1 Å². The van der Waals surface area contributed by atoms with Crippen molar-refractivity contribution in [1.82, 2.24) is 0 Å². The maximum absolute atomic E-state index is 11.8. The first-order valence-electron chi connectivity index (χ1n) is 5.96. The highest BCUT2D eigenvalue weighted by Gasteiger charge is 2.04. The van der Waals surface area contributed by atoms with E-state index in [-0.39, 0.29) is 5.75 Å². The summed E-state index contributed by atoms with van der Waals surface area (Å²) < 4.78 is 0. The Morgan fingerprint density at radius 3 is 2.50 bits per heavy atom. The molecule has 2 aromatic rings. The molecule has 2 amide bonds. The third kappa shape index (κ3) is 3.27. The number of urea groups is 1. The second-order valence-electron chi connectivity index (χ2n) is 4.27. The summed E-state index contributed by atoms with van der Waals surface area (Å²) in [6.45, 7) is 1.74. The van der Waals surface area contributed by atoms with Crippen molar-refractivity contribution < 1.29 is 9.90 Å². The van der Waals surface area contributed by atoms with Crippen LogP contribution in [0.1, 0.15) is 11.1 Å². The van der Waals surface area contributed by atoms with Crippen LogP contribution in [0.5, 0.6) is 5.75 Å². The Hall–Kier alpha value is -3.00. The number of hydrogen-bond acceptors (Lipinski definition) is 3. The van der Waals surface area contributed by atoms with Gasteiger partial charge in [0.1, 0.15) is 5.75 Å². The van der Waals surface area contributed by atoms with Gasteiger partial charge in [-0.15, -0.1) is 0 Å². The lowest BCUT2D eigenvalue weighted by atomic mass is 10.2. The summed E-state index contributed by atoms with van der Waals surface area (Å²) in [5.41, 5.74) is 2.27. The van der Waals surface area contributed by atoms with Gasteiger partial charge >= 0.3 is 6.03 Å². The van der Waals surface area contributed by atoms with Gasteiger partial charge in [-0.05, 0) is 48.9 Å². The first-order chi connectivity index (χ1) is 9.58. The number of hydrogen-bond donors (Lipinski definition) is 3. The van der Waals surface area contributed by atoms with Crippen LogP contribution in [0.4, 0.5) is 16.2 Å². The van der Waals surface area contributed by atoms with Crippen LogP contribution in [0.3, 0.4) is 0 Å². The van der Waals surface area contributed by atoms with E-state index in [0.717, 1.165) is 0 Å². The molecular weight excluding hydrogens is 254 g/mol. The van der Waals surface area contributed by atoms with E-state index in [2.05, 4.69) is 10.6 Å². The zero-order valence-corrected chi connectivity index (χ0v) is 10.8. The van der Waals surface area contributed by atoms with E-state index in [0.29, 0.717) is 22.5 Å². The third-order valence-electron chi connectivity index (χ3n) is 2.70. The first kappa shape index (κ1) is 13.4. The molecule has 2 rings (SSSR count). The molecule has 0 aromatic heterocycles. The molecule has 0 spiro atoms. The number of nitrogens with one attached hydrogen (secondary N) is 2. The molecule has 0 bridgehead atoms. The van der Waals surface area contributed by atoms with E-state index in [1.807, 2.05) is 6.07 Å². The standard InChI is InChI=1S/C15H13N3O2/c1-10-7-13(5-6-14(10)19)18-15(20)17-12-4-2-3-11(8-12)9-16/h2-8,19H,1H3,(H2,17,18,20). The molecule has 0 fully saturated rings. The summed E-state index contributed by atoms with van der Waals surface area (Å²) in [5.74, 6) is 0.178. The Morgan fingerprint density at radius 2 is 1.85 bits per heavy atom. The number of carbonyl (C=O) groups excluding carboxylic acids is 1. The molecule has 3 N–H and O–H groups in total. The Balaban J connectivity index is 2.05. The SMILES string of the molecule is Cc1cc(NC(=O)Nc2cccc(C#N)c2)ccc1O. The predicted octanol–water partition coefficient (Wildman–Crippen LogP) is 3.22. The second kappa shape index (κ2) is 5.76. The number of phenols is 1. The van der Waals surface area contributed by atoms with Crippen LogP contribution >= 0.6 is 0 Å². The molecule has 0 saturated carbocycles. The van der Waals surface area contributed by atoms with Crippen molar-refractivity contribution in [2.24, 2.45) is 0 Å². The number of amides is 2. The lowest BCUT2D eigenvalue weighted by Gasteiger charge is -2.09. The van der Waals surface area contributed by atoms with Crippen molar-refractivity contribution in [2.45, 2.75) is 6.92 Å². The van der Waals surface area contributed by atoms with E-state index in [1.54, 1.807) is 43.3 Å². The van der Waals surface area contributed by atoms with Gasteiger partial charge in [0.2, 0.25) is 0 Å². The quantitative estimate of drug-likeness (QED) is 0.730. The van der Waals surface area contributed by atoms with Crippen molar-refractivity contribution in [2.75, 3.05) is 10.6 Å². The van der Waals surface area contributed by atoms with E-state index in [9.17, 15) is 9.90 Å². The molecule has 100 valence electrons. The fourth-order valence-electron chi connectivity index (χ4n) is 1.69. The predicted molar refractivity (Wildman–Crippen MR) is 76.6 cm³/mol. The van der Waals surface area contributed by atoms with E-state index < -0.39 is 6.03 Å². The second-order valence-corrected chi connectivity index (χ2v) is 4.27. The lowest BCUT2D eigenvalue weighted by Crippen LogP contribution is -2.19. The molecule has 20 heavy (non-hydrogen) atoms. The molecule has 5 heteroatoms. The minimum absolute atomic E-state index is 0.178. The normalized spacial score (nSPS) is 9.60. The number of anilines is 2. The van der Waals surface area contributed by atoms with Gasteiger partial charge < -0.3 is 15.7 Å². The highest BCUT2D eigenvalue weighted by atomic mass is 16.3. The zero-order valence-electron chi connectivity index (χ0n) is 10.8. The Morgan fingerprint density at radius 1 is 1.15 bits per heavy atom. The van der Waals surface area contributed by atoms with Crippen molar-refractivity contribution >= 4 is 17.4 Å². The fraction of sp³-hybridized carbons (Fsp3) is 0.0667. The maximum Gasteiger partial charge on any atom is 0.323 e. The topological polar surface area (TPSA) is 85.2 Å². The highest BCUT2D eigenvalue weighted by Crippen LogP contribution is 2.20. The van der Waals surface area contributed by atoms with Crippen LogP contribution in [0.25, 0.3) is 0 Å². The van der Waals surface area contributed by atoms with Crippen LogP contribution in [-0.2, 0) is 0 Å². The van der Waals surface area contributed by atoms with E-state index in [4.69, 9.17) is 5.26 Å². The van der Waals surface area contributed by atoms with Gasteiger partial charge in [0.15, 0.2) is 0 Å². The number of aryl methyl sites for hydroxylation is 1. The first-order valence-corrected chi connectivity index (χ1v) is 5.96. The van der Waals surface area contributed by atoms with Gasteiger partial charge in [-0.3, -0.25) is 0 Å². The van der Waals surface area contributed by atoms with Gasteiger partial charge in [-0.25, -0.2) is 4.79 Å². The monoisotopic (exact) mass is 267 g/mol. The molecule has 0 radical (unpaired) electrons. The maximum atomic E-state index is 11.8. The lowest BCUT2D eigenvalue weighted by molar-refractivity contribution is 0.262. The zero-order chi connectivity index (χ0) is 14.5. The number of aromatic hydroxyl groups is 1. The smallest absolute Gasteiger partial charge is 0.323 e. The number of carbonyl (C=O) groups is 1. The van der Waals surface area contributed by atoms with Gasteiger partial charge in [0.05, 0.1) is 11.6 Å². The van der Waals surface area contributed by atoms with Crippen molar-refractivity contribution in [3.63, 3.8) is 0 Å². The summed E-state index contributed by atoms with van der Waals surface area (Å²) in [4.78, 5) is 11.8. The van der Waals surface area contributed by atoms with Gasteiger partial charge in [0.25, 0.3) is 0 Å². The molecule has 0 unspecified atom stereocenters.